The van der Waals surface area contributed by atoms with Crippen molar-refractivity contribution in [2.24, 2.45) is 0 Å². The lowest BCUT2D eigenvalue weighted by molar-refractivity contribution is -0.120. The molecule has 33 heavy (non-hydrogen) atoms. The number of nitrogens with one attached hydrogen (secondary N) is 2. The van der Waals surface area contributed by atoms with Crippen LogP contribution in [0.2, 0.25) is 0 Å². The van der Waals surface area contributed by atoms with E-state index in [1.54, 1.807) is 48.5 Å². The minimum absolute atomic E-state index is 0.0221. The van der Waals surface area contributed by atoms with Crippen molar-refractivity contribution < 1.29 is 23.9 Å². The summed E-state index contributed by atoms with van der Waals surface area (Å²) < 4.78 is 10.9. The van der Waals surface area contributed by atoms with Crippen LogP contribution in [0.1, 0.15) is 30.1 Å². The third-order valence-electron chi connectivity index (χ3n) is 5.36. The molecule has 2 aromatic carbocycles. The Morgan fingerprint density at radius 3 is 2.48 bits per heavy atom. The molecular weight excluding hydrogens is 446 g/mol. The van der Waals surface area contributed by atoms with Crippen molar-refractivity contribution in [2.45, 2.75) is 25.9 Å². The van der Waals surface area contributed by atoms with Crippen molar-refractivity contribution in [3.63, 3.8) is 0 Å². The number of hydrogen-bond acceptors (Lipinski definition) is 6. The Balaban J connectivity index is 1.41. The molecular formula is C24H24ClN3O5. The molecule has 1 unspecified atom stereocenters. The van der Waals surface area contributed by atoms with Crippen molar-refractivity contribution in [1.82, 2.24) is 5.32 Å². The van der Waals surface area contributed by atoms with Gasteiger partial charge >= 0.3 is 0 Å². The summed E-state index contributed by atoms with van der Waals surface area (Å²) in [6, 6.07) is 13.2. The molecule has 1 atom stereocenters. The Hall–Kier alpha value is -3.36. The SMILES string of the molecule is CCOc1ccc(N2C(=O)C(Cl)=C(Nc3ccc(C(=O)NCC4CCCO4)cc3)C2=O)cc1. The van der Waals surface area contributed by atoms with Gasteiger partial charge in [0.2, 0.25) is 0 Å². The van der Waals surface area contributed by atoms with Crippen molar-refractivity contribution in [3.8, 4) is 5.75 Å². The molecule has 4 rings (SSSR count). The molecule has 2 aromatic rings. The van der Waals surface area contributed by atoms with Gasteiger partial charge in [0.15, 0.2) is 0 Å². The summed E-state index contributed by atoms with van der Waals surface area (Å²) in [4.78, 5) is 38.9. The van der Waals surface area contributed by atoms with E-state index in [9.17, 15) is 14.4 Å². The number of anilines is 2. The van der Waals surface area contributed by atoms with E-state index in [2.05, 4.69) is 10.6 Å². The van der Waals surface area contributed by atoms with Crippen LogP contribution in [0.4, 0.5) is 11.4 Å². The van der Waals surface area contributed by atoms with Gasteiger partial charge in [0, 0.05) is 24.4 Å². The van der Waals surface area contributed by atoms with Crippen LogP contribution in [0.5, 0.6) is 5.75 Å². The first-order chi connectivity index (χ1) is 16.0. The van der Waals surface area contributed by atoms with Crippen LogP contribution in [0.3, 0.4) is 0 Å². The normalized spacial score (nSPS) is 18.1. The molecule has 2 aliphatic rings. The quantitative estimate of drug-likeness (QED) is 0.575. The van der Waals surface area contributed by atoms with Crippen LogP contribution in [0.15, 0.2) is 59.3 Å². The number of hydrogen-bond donors (Lipinski definition) is 2. The summed E-state index contributed by atoms with van der Waals surface area (Å²) in [6.07, 6.45) is 2.02. The molecule has 0 bridgehead atoms. The maximum absolute atomic E-state index is 12.9. The zero-order chi connectivity index (χ0) is 23.4. The molecule has 2 heterocycles. The second-order valence-electron chi connectivity index (χ2n) is 7.61. The third kappa shape index (κ3) is 5.02. The van der Waals surface area contributed by atoms with Gasteiger partial charge in [-0.3, -0.25) is 14.4 Å². The second kappa shape index (κ2) is 10.1. The number of ether oxygens (including phenoxy) is 2. The average Bonchev–Trinajstić information content (AvgIpc) is 3.42. The first kappa shape index (κ1) is 22.8. The highest BCUT2D eigenvalue weighted by Crippen LogP contribution is 2.31. The summed E-state index contributed by atoms with van der Waals surface area (Å²) in [7, 11) is 0. The molecule has 0 radical (unpaired) electrons. The zero-order valence-electron chi connectivity index (χ0n) is 18.1. The summed E-state index contributed by atoms with van der Waals surface area (Å²) in [5.41, 5.74) is 1.37. The fourth-order valence-corrected chi connectivity index (χ4v) is 3.88. The number of carbonyl (C=O) groups is 3. The van der Waals surface area contributed by atoms with E-state index in [-0.39, 0.29) is 22.7 Å². The van der Waals surface area contributed by atoms with Gasteiger partial charge < -0.3 is 20.1 Å². The average molecular weight is 470 g/mol. The highest BCUT2D eigenvalue weighted by atomic mass is 35.5. The third-order valence-corrected chi connectivity index (χ3v) is 5.71. The molecule has 0 saturated carbocycles. The van der Waals surface area contributed by atoms with Crippen LogP contribution in [0.25, 0.3) is 0 Å². The van der Waals surface area contributed by atoms with E-state index in [0.29, 0.717) is 35.8 Å². The van der Waals surface area contributed by atoms with Crippen LogP contribution in [-0.4, -0.2) is 43.6 Å². The molecule has 172 valence electrons. The van der Waals surface area contributed by atoms with Gasteiger partial charge in [-0.15, -0.1) is 0 Å². The minimum atomic E-state index is -0.613. The van der Waals surface area contributed by atoms with Crippen LogP contribution < -0.4 is 20.3 Å². The molecule has 1 saturated heterocycles. The Kier molecular flexibility index (Phi) is 6.96. The summed E-state index contributed by atoms with van der Waals surface area (Å²) in [5.74, 6) is -0.744. The van der Waals surface area contributed by atoms with Gasteiger partial charge in [-0.25, -0.2) is 4.90 Å². The monoisotopic (exact) mass is 469 g/mol. The van der Waals surface area contributed by atoms with E-state index in [1.165, 1.54) is 0 Å². The molecule has 2 N–H and O–H groups in total. The first-order valence-electron chi connectivity index (χ1n) is 10.8. The molecule has 3 amide bonds. The molecule has 0 aromatic heterocycles. The Labute approximate surface area is 196 Å². The summed E-state index contributed by atoms with van der Waals surface area (Å²) in [5, 5.41) is 5.56. The lowest BCUT2D eigenvalue weighted by atomic mass is 10.1. The Morgan fingerprint density at radius 2 is 1.85 bits per heavy atom. The summed E-state index contributed by atoms with van der Waals surface area (Å²) >= 11 is 6.19. The number of rotatable bonds is 8. The fraction of sp³-hybridized carbons (Fsp3) is 0.292. The predicted octanol–water partition coefficient (Wildman–Crippen LogP) is 3.43. The topological polar surface area (TPSA) is 97.0 Å². The molecule has 9 heteroatoms. The van der Waals surface area contributed by atoms with Gasteiger partial charge in [0.05, 0.1) is 18.4 Å². The standard InChI is InChI=1S/C24H24ClN3O5/c1-2-32-18-11-9-17(10-12-18)28-23(30)20(25)21(24(28)31)27-16-7-5-15(6-8-16)22(29)26-14-19-4-3-13-33-19/h5-12,19,27H,2-4,13-14H2,1H3,(H,26,29). The maximum Gasteiger partial charge on any atom is 0.283 e. The number of amides is 3. The number of halogens is 1. The summed E-state index contributed by atoms with van der Waals surface area (Å²) in [6.45, 7) is 3.58. The van der Waals surface area contributed by atoms with Crippen molar-refractivity contribution >= 4 is 40.7 Å². The van der Waals surface area contributed by atoms with Crippen molar-refractivity contribution in [2.75, 3.05) is 30.0 Å². The van der Waals surface area contributed by atoms with Crippen LogP contribution in [-0.2, 0) is 14.3 Å². The lowest BCUT2D eigenvalue weighted by Crippen LogP contribution is -2.32. The lowest BCUT2D eigenvalue weighted by Gasteiger charge is -2.16. The Bertz CT molecular complexity index is 1080. The van der Waals surface area contributed by atoms with Crippen molar-refractivity contribution in [3.05, 3.63) is 64.8 Å². The van der Waals surface area contributed by atoms with Crippen molar-refractivity contribution in [1.29, 1.82) is 0 Å². The molecule has 2 aliphatic heterocycles. The largest absolute Gasteiger partial charge is 0.494 e. The van der Waals surface area contributed by atoms with Gasteiger partial charge in [0.1, 0.15) is 16.5 Å². The smallest absolute Gasteiger partial charge is 0.283 e. The maximum atomic E-state index is 12.9. The molecule has 1 fully saturated rings. The number of imide groups is 1. The Morgan fingerprint density at radius 1 is 1.12 bits per heavy atom. The fourth-order valence-electron chi connectivity index (χ4n) is 3.67. The van der Waals surface area contributed by atoms with Gasteiger partial charge in [-0.2, -0.15) is 0 Å². The molecule has 0 aliphatic carbocycles. The number of benzene rings is 2. The molecule has 0 spiro atoms. The predicted molar refractivity (Wildman–Crippen MR) is 124 cm³/mol. The number of nitrogens with zero attached hydrogens (tertiary/aromatic N) is 1. The van der Waals surface area contributed by atoms with Gasteiger partial charge in [-0.1, -0.05) is 11.6 Å². The molecule has 8 nitrogen and oxygen atoms in total. The van der Waals surface area contributed by atoms with E-state index < -0.39 is 11.8 Å². The second-order valence-corrected chi connectivity index (χ2v) is 7.99. The van der Waals surface area contributed by atoms with E-state index >= 15 is 0 Å². The highest BCUT2D eigenvalue weighted by molar-refractivity contribution is 6.53. The van der Waals surface area contributed by atoms with Gasteiger partial charge in [0.25, 0.3) is 17.7 Å². The van der Waals surface area contributed by atoms with Crippen LogP contribution >= 0.6 is 11.6 Å². The van der Waals surface area contributed by atoms with E-state index in [4.69, 9.17) is 21.1 Å². The highest BCUT2D eigenvalue weighted by Gasteiger charge is 2.39. The van der Waals surface area contributed by atoms with E-state index in [0.717, 1.165) is 24.3 Å². The number of carbonyl (C=O) groups excluding carboxylic acids is 3. The first-order valence-corrected chi connectivity index (χ1v) is 11.1. The van der Waals surface area contributed by atoms with Crippen LogP contribution in [0, 0.1) is 0 Å². The zero-order valence-corrected chi connectivity index (χ0v) is 18.9. The van der Waals surface area contributed by atoms with Gasteiger partial charge in [-0.05, 0) is 68.3 Å². The minimum Gasteiger partial charge on any atom is -0.494 e. The van der Waals surface area contributed by atoms with E-state index in [1.807, 2.05) is 6.92 Å².